The van der Waals surface area contributed by atoms with E-state index in [9.17, 15) is 14.7 Å². The van der Waals surface area contributed by atoms with Crippen molar-refractivity contribution in [1.29, 1.82) is 0 Å². The number of carbonyl (C=O) groups is 2. The highest BCUT2D eigenvalue weighted by Gasteiger charge is 2.44. The maximum Gasteiger partial charge on any atom is 0.311 e. The molecule has 114 valence electrons. The van der Waals surface area contributed by atoms with Gasteiger partial charge in [-0.25, -0.2) is 0 Å². The summed E-state index contributed by atoms with van der Waals surface area (Å²) in [6.07, 6.45) is 2.61. The molecule has 1 aromatic carbocycles. The van der Waals surface area contributed by atoms with Crippen LogP contribution in [0.25, 0.3) is 0 Å². The maximum atomic E-state index is 11.8. The van der Waals surface area contributed by atoms with Crippen molar-refractivity contribution in [2.24, 2.45) is 5.41 Å². The molecule has 6 heteroatoms. The van der Waals surface area contributed by atoms with Crippen LogP contribution in [0.3, 0.4) is 0 Å². The fourth-order valence-electron chi connectivity index (χ4n) is 2.22. The first-order valence-electron chi connectivity index (χ1n) is 6.90. The maximum absolute atomic E-state index is 11.8. The summed E-state index contributed by atoms with van der Waals surface area (Å²) in [6.45, 7) is 0.243. The van der Waals surface area contributed by atoms with Crippen LogP contribution in [0, 0.1) is 5.41 Å². The quantitative estimate of drug-likeness (QED) is 0.755. The fourth-order valence-corrected chi connectivity index (χ4v) is 3.20. The van der Waals surface area contributed by atoms with Gasteiger partial charge in [0.05, 0.1) is 5.41 Å². The van der Waals surface area contributed by atoms with Crippen molar-refractivity contribution in [2.45, 2.75) is 30.6 Å². The highest BCUT2D eigenvalue weighted by atomic mass is 35.5. The molecule has 1 fully saturated rings. The minimum Gasteiger partial charge on any atom is -0.481 e. The molecular weight excluding hydrogens is 310 g/mol. The van der Waals surface area contributed by atoms with Gasteiger partial charge < -0.3 is 10.4 Å². The molecule has 2 rings (SSSR count). The number of carboxylic acid groups (broad SMARTS) is 1. The molecule has 0 spiro atoms. The number of hydrogen-bond donors (Lipinski definition) is 2. The molecule has 0 unspecified atom stereocenters. The smallest absolute Gasteiger partial charge is 0.311 e. The number of carbonyl (C=O) groups excluding carboxylic acids is 1. The molecule has 0 saturated heterocycles. The van der Waals surface area contributed by atoms with Crippen molar-refractivity contribution < 1.29 is 14.7 Å². The second-order valence-corrected chi connectivity index (χ2v) is 6.87. The van der Waals surface area contributed by atoms with E-state index in [4.69, 9.17) is 11.6 Å². The van der Waals surface area contributed by atoms with Crippen LogP contribution in [0.2, 0.25) is 5.02 Å². The van der Waals surface area contributed by atoms with E-state index >= 15 is 0 Å². The van der Waals surface area contributed by atoms with Crippen LogP contribution in [0.15, 0.2) is 29.2 Å². The van der Waals surface area contributed by atoms with Crippen molar-refractivity contribution in [1.82, 2.24) is 5.32 Å². The van der Waals surface area contributed by atoms with E-state index in [0.717, 1.165) is 11.3 Å². The van der Waals surface area contributed by atoms with Crippen LogP contribution in [-0.2, 0) is 9.59 Å². The number of amides is 1. The number of carboxylic acids is 1. The second kappa shape index (κ2) is 7.18. The van der Waals surface area contributed by atoms with Gasteiger partial charge in [0.25, 0.3) is 0 Å². The van der Waals surface area contributed by atoms with Gasteiger partial charge in [-0.05, 0) is 37.1 Å². The van der Waals surface area contributed by atoms with Gasteiger partial charge in [-0.3, -0.25) is 9.59 Å². The molecule has 0 radical (unpaired) electrons. The molecule has 0 aliphatic heterocycles. The lowest BCUT2D eigenvalue weighted by Crippen LogP contribution is -2.47. The fraction of sp³-hybridized carbons (Fsp3) is 0.467. The molecular formula is C15H18ClNO3S. The molecule has 4 nitrogen and oxygen atoms in total. The standard InChI is InChI=1S/C15H18ClNO3S/c16-11-2-4-12(5-3-11)21-9-6-13(18)17-10-15(14(19)20)7-1-8-15/h2-5H,1,6-10H2,(H,17,18)(H,19,20). The molecule has 21 heavy (non-hydrogen) atoms. The van der Waals surface area contributed by atoms with E-state index in [2.05, 4.69) is 5.32 Å². The summed E-state index contributed by atoms with van der Waals surface area (Å²) in [7, 11) is 0. The van der Waals surface area contributed by atoms with Crippen LogP contribution in [0.5, 0.6) is 0 Å². The summed E-state index contributed by atoms with van der Waals surface area (Å²) < 4.78 is 0. The number of thioether (sulfide) groups is 1. The zero-order valence-electron chi connectivity index (χ0n) is 11.6. The lowest BCUT2D eigenvalue weighted by Gasteiger charge is -2.37. The molecule has 0 heterocycles. The van der Waals surface area contributed by atoms with Crippen LogP contribution in [-0.4, -0.2) is 29.3 Å². The number of aliphatic carboxylic acids is 1. The highest BCUT2D eigenvalue weighted by molar-refractivity contribution is 7.99. The number of benzene rings is 1. The molecule has 0 bridgehead atoms. The zero-order valence-corrected chi connectivity index (χ0v) is 13.2. The predicted molar refractivity (Wildman–Crippen MR) is 83.7 cm³/mol. The summed E-state index contributed by atoms with van der Waals surface area (Å²) in [5.41, 5.74) is -0.723. The van der Waals surface area contributed by atoms with Crippen LogP contribution in [0.1, 0.15) is 25.7 Å². The Hall–Kier alpha value is -1.20. The Labute approximate surface area is 133 Å². The Morgan fingerprint density at radius 1 is 1.29 bits per heavy atom. The summed E-state index contributed by atoms with van der Waals surface area (Å²) in [5.74, 6) is -0.235. The predicted octanol–water partition coefficient (Wildman–Crippen LogP) is 3.19. The third-order valence-electron chi connectivity index (χ3n) is 3.80. The molecule has 2 N–H and O–H groups in total. The summed E-state index contributed by atoms with van der Waals surface area (Å²) in [6, 6.07) is 7.46. The third-order valence-corrected chi connectivity index (χ3v) is 5.07. The molecule has 1 saturated carbocycles. The van der Waals surface area contributed by atoms with Crippen molar-refractivity contribution >= 4 is 35.2 Å². The summed E-state index contributed by atoms with van der Waals surface area (Å²) >= 11 is 7.38. The van der Waals surface area contributed by atoms with Crippen molar-refractivity contribution in [3.8, 4) is 0 Å². The van der Waals surface area contributed by atoms with Gasteiger partial charge >= 0.3 is 5.97 Å². The lowest BCUT2D eigenvalue weighted by molar-refractivity contribution is -0.154. The summed E-state index contributed by atoms with van der Waals surface area (Å²) in [5, 5.41) is 12.6. The Balaban J connectivity index is 1.68. The number of hydrogen-bond acceptors (Lipinski definition) is 3. The molecule has 1 aliphatic carbocycles. The monoisotopic (exact) mass is 327 g/mol. The average Bonchev–Trinajstić information content (AvgIpc) is 2.39. The summed E-state index contributed by atoms with van der Waals surface area (Å²) in [4.78, 5) is 24.0. The molecule has 1 aliphatic rings. The van der Waals surface area contributed by atoms with E-state index in [1.165, 1.54) is 0 Å². The van der Waals surface area contributed by atoms with Gasteiger partial charge in [0.2, 0.25) is 5.91 Å². The molecule has 0 atom stereocenters. The normalized spacial score (nSPS) is 16.0. The molecule has 0 aromatic heterocycles. The van der Waals surface area contributed by atoms with Crippen LogP contribution in [0.4, 0.5) is 0 Å². The van der Waals surface area contributed by atoms with E-state index in [1.807, 2.05) is 24.3 Å². The number of halogens is 1. The number of rotatable bonds is 7. The van der Waals surface area contributed by atoms with Gasteiger partial charge in [0.15, 0.2) is 0 Å². The first-order valence-corrected chi connectivity index (χ1v) is 8.27. The van der Waals surface area contributed by atoms with E-state index < -0.39 is 11.4 Å². The Morgan fingerprint density at radius 3 is 2.48 bits per heavy atom. The first kappa shape index (κ1) is 16.2. The molecule has 1 amide bonds. The average molecular weight is 328 g/mol. The van der Waals surface area contributed by atoms with Gasteiger partial charge in [-0.2, -0.15) is 0 Å². The largest absolute Gasteiger partial charge is 0.481 e. The van der Waals surface area contributed by atoms with Gasteiger partial charge in [0.1, 0.15) is 0 Å². The Morgan fingerprint density at radius 2 is 1.95 bits per heavy atom. The van der Waals surface area contributed by atoms with E-state index in [0.29, 0.717) is 30.0 Å². The van der Waals surface area contributed by atoms with E-state index in [-0.39, 0.29) is 12.5 Å². The SMILES string of the molecule is O=C(CCSc1ccc(Cl)cc1)NCC1(C(=O)O)CCC1. The Bertz CT molecular complexity index is 514. The third kappa shape index (κ3) is 4.38. The lowest BCUT2D eigenvalue weighted by atomic mass is 9.69. The first-order chi connectivity index (χ1) is 10.0. The second-order valence-electron chi connectivity index (χ2n) is 5.27. The minimum absolute atomic E-state index is 0.0935. The van der Waals surface area contributed by atoms with Gasteiger partial charge in [0, 0.05) is 28.6 Å². The van der Waals surface area contributed by atoms with Crippen molar-refractivity contribution in [3.63, 3.8) is 0 Å². The Kier molecular flexibility index (Phi) is 5.53. The number of nitrogens with one attached hydrogen (secondary N) is 1. The highest BCUT2D eigenvalue weighted by Crippen LogP contribution is 2.40. The van der Waals surface area contributed by atoms with Gasteiger partial charge in [-0.1, -0.05) is 18.0 Å². The molecule has 1 aromatic rings. The van der Waals surface area contributed by atoms with Crippen molar-refractivity contribution in [3.05, 3.63) is 29.3 Å². The zero-order chi connectivity index (χ0) is 15.3. The van der Waals surface area contributed by atoms with Crippen LogP contribution >= 0.6 is 23.4 Å². The minimum atomic E-state index is -0.801. The topological polar surface area (TPSA) is 66.4 Å². The van der Waals surface area contributed by atoms with E-state index in [1.54, 1.807) is 11.8 Å². The van der Waals surface area contributed by atoms with Crippen molar-refractivity contribution in [2.75, 3.05) is 12.3 Å². The van der Waals surface area contributed by atoms with Gasteiger partial charge in [-0.15, -0.1) is 11.8 Å². The van der Waals surface area contributed by atoms with Crippen LogP contribution < -0.4 is 5.32 Å².